The van der Waals surface area contributed by atoms with Crippen LogP contribution in [0, 0.1) is 11.3 Å². The van der Waals surface area contributed by atoms with Gasteiger partial charge in [-0.2, -0.15) is 5.26 Å². The predicted octanol–water partition coefficient (Wildman–Crippen LogP) is 2.93. The van der Waals surface area contributed by atoms with Crippen molar-refractivity contribution in [1.82, 2.24) is 5.32 Å². The van der Waals surface area contributed by atoms with Crippen LogP contribution >= 0.6 is 0 Å². The summed E-state index contributed by atoms with van der Waals surface area (Å²) < 4.78 is 10.8. The summed E-state index contributed by atoms with van der Waals surface area (Å²) in [7, 11) is 1.70. The number of nitrogens with zero attached hydrogens (tertiary/aromatic N) is 1. The zero-order chi connectivity index (χ0) is 15.6. The largest absolute Gasteiger partial charge is 0.493 e. The third-order valence-electron chi connectivity index (χ3n) is 3.40. The molecule has 0 fully saturated rings. The van der Waals surface area contributed by atoms with Gasteiger partial charge in [0.2, 0.25) is 0 Å². The van der Waals surface area contributed by atoms with Crippen LogP contribution in [0.5, 0.6) is 5.75 Å². The van der Waals surface area contributed by atoms with Crippen LogP contribution in [0.15, 0.2) is 24.3 Å². The van der Waals surface area contributed by atoms with Crippen molar-refractivity contribution in [3.8, 4) is 11.8 Å². The van der Waals surface area contributed by atoms with Gasteiger partial charge in [-0.05, 0) is 44.0 Å². The fourth-order valence-corrected chi connectivity index (χ4v) is 1.93. The van der Waals surface area contributed by atoms with Crippen molar-refractivity contribution in [2.75, 3.05) is 26.9 Å². The van der Waals surface area contributed by atoms with Gasteiger partial charge >= 0.3 is 0 Å². The molecular formula is C17H26N2O2. The Morgan fingerprint density at radius 3 is 2.52 bits per heavy atom. The number of nitriles is 1. The summed E-state index contributed by atoms with van der Waals surface area (Å²) in [6.07, 6.45) is 2.58. The molecule has 1 rings (SSSR count). The van der Waals surface area contributed by atoms with Gasteiger partial charge in [0.25, 0.3) is 0 Å². The van der Waals surface area contributed by atoms with Crippen LogP contribution in [0.3, 0.4) is 0 Å². The lowest BCUT2D eigenvalue weighted by molar-refractivity contribution is 0.202. The minimum Gasteiger partial charge on any atom is -0.493 e. The maximum absolute atomic E-state index is 9.25. The van der Waals surface area contributed by atoms with Crippen molar-refractivity contribution >= 4 is 0 Å². The zero-order valence-corrected chi connectivity index (χ0v) is 13.3. The van der Waals surface area contributed by atoms with Crippen molar-refractivity contribution in [2.45, 2.75) is 38.6 Å². The van der Waals surface area contributed by atoms with E-state index in [9.17, 15) is 5.26 Å². The first-order chi connectivity index (χ1) is 10.1. The standard InChI is InChI=1S/C17H26N2O2/c1-4-11-19-17(2,14-18)10-13-21-16-7-5-15(6-8-16)9-12-20-3/h5-8,19H,4,9-13H2,1-3H3. The summed E-state index contributed by atoms with van der Waals surface area (Å²) in [6.45, 7) is 6.10. The molecule has 1 atom stereocenters. The van der Waals surface area contributed by atoms with E-state index in [1.54, 1.807) is 7.11 Å². The van der Waals surface area contributed by atoms with Crippen LogP contribution in [0.25, 0.3) is 0 Å². The Morgan fingerprint density at radius 1 is 1.24 bits per heavy atom. The molecule has 1 aromatic rings. The molecule has 0 radical (unpaired) electrons. The zero-order valence-electron chi connectivity index (χ0n) is 13.3. The second-order valence-electron chi connectivity index (χ2n) is 5.36. The molecule has 1 unspecified atom stereocenters. The Balaban J connectivity index is 2.39. The van der Waals surface area contributed by atoms with E-state index >= 15 is 0 Å². The van der Waals surface area contributed by atoms with Gasteiger partial charge in [0, 0.05) is 13.5 Å². The molecule has 0 heterocycles. The normalized spacial score (nSPS) is 13.4. The first-order valence-electron chi connectivity index (χ1n) is 7.50. The van der Waals surface area contributed by atoms with Crippen molar-refractivity contribution in [1.29, 1.82) is 5.26 Å². The highest BCUT2D eigenvalue weighted by Gasteiger charge is 2.22. The quantitative estimate of drug-likeness (QED) is 0.720. The van der Waals surface area contributed by atoms with Crippen LogP contribution in [-0.2, 0) is 11.2 Å². The molecular weight excluding hydrogens is 264 g/mol. The van der Waals surface area contributed by atoms with E-state index in [-0.39, 0.29) is 0 Å². The molecule has 0 aliphatic carbocycles. The summed E-state index contributed by atoms with van der Waals surface area (Å²) in [5.74, 6) is 0.840. The number of nitrogens with one attached hydrogen (secondary N) is 1. The topological polar surface area (TPSA) is 54.3 Å². The summed E-state index contributed by atoms with van der Waals surface area (Å²) in [4.78, 5) is 0. The monoisotopic (exact) mass is 290 g/mol. The molecule has 0 amide bonds. The van der Waals surface area contributed by atoms with Crippen molar-refractivity contribution < 1.29 is 9.47 Å². The third kappa shape index (κ3) is 6.61. The highest BCUT2D eigenvalue weighted by atomic mass is 16.5. The molecule has 0 bridgehead atoms. The number of rotatable bonds is 10. The molecule has 0 aliphatic heterocycles. The molecule has 0 saturated carbocycles. The van der Waals surface area contributed by atoms with E-state index in [0.29, 0.717) is 13.0 Å². The summed E-state index contributed by atoms with van der Waals surface area (Å²) >= 11 is 0. The molecule has 1 aromatic carbocycles. The molecule has 4 nitrogen and oxygen atoms in total. The second-order valence-corrected chi connectivity index (χ2v) is 5.36. The first kappa shape index (κ1) is 17.5. The lowest BCUT2D eigenvalue weighted by Crippen LogP contribution is -2.42. The predicted molar refractivity (Wildman–Crippen MR) is 84.4 cm³/mol. The Morgan fingerprint density at radius 2 is 1.95 bits per heavy atom. The first-order valence-corrected chi connectivity index (χ1v) is 7.50. The molecule has 21 heavy (non-hydrogen) atoms. The van der Waals surface area contributed by atoms with Crippen molar-refractivity contribution in [3.63, 3.8) is 0 Å². The Labute approximate surface area is 128 Å². The molecule has 116 valence electrons. The van der Waals surface area contributed by atoms with E-state index in [1.165, 1.54) is 5.56 Å². The van der Waals surface area contributed by atoms with Crippen LogP contribution in [-0.4, -0.2) is 32.4 Å². The van der Waals surface area contributed by atoms with E-state index in [1.807, 2.05) is 31.2 Å². The maximum atomic E-state index is 9.25. The molecule has 4 heteroatoms. The number of ether oxygens (including phenoxy) is 2. The minimum atomic E-state index is -0.519. The lowest BCUT2D eigenvalue weighted by Gasteiger charge is -2.23. The van der Waals surface area contributed by atoms with Gasteiger partial charge in [-0.25, -0.2) is 0 Å². The second kappa shape index (κ2) is 9.38. The lowest BCUT2D eigenvalue weighted by atomic mass is 10.0. The number of methoxy groups -OCH3 is 1. The average molecular weight is 290 g/mol. The highest BCUT2D eigenvalue weighted by Crippen LogP contribution is 2.15. The molecule has 0 aromatic heterocycles. The molecule has 0 aliphatic rings. The van der Waals surface area contributed by atoms with Crippen molar-refractivity contribution in [2.24, 2.45) is 0 Å². The Bertz CT molecular complexity index is 439. The fourth-order valence-electron chi connectivity index (χ4n) is 1.93. The van der Waals surface area contributed by atoms with Gasteiger partial charge in [-0.1, -0.05) is 19.1 Å². The van der Waals surface area contributed by atoms with Crippen LogP contribution in [0.4, 0.5) is 0 Å². The number of hydrogen-bond donors (Lipinski definition) is 1. The number of hydrogen-bond acceptors (Lipinski definition) is 4. The van der Waals surface area contributed by atoms with Gasteiger partial charge in [0.1, 0.15) is 11.3 Å². The van der Waals surface area contributed by atoms with E-state index in [2.05, 4.69) is 18.3 Å². The Hall–Kier alpha value is -1.57. The fraction of sp³-hybridized carbons (Fsp3) is 0.588. The maximum Gasteiger partial charge on any atom is 0.119 e. The number of benzene rings is 1. The molecule has 0 saturated heterocycles. The van der Waals surface area contributed by atoms with Gasteiger partial charge in [0.15, 0.2) is 0 Å². The van der Waals surface area contributed by atoms with Crippen molar-refractivity contribution in [3.05, 3.63) is 29.8 Å². The van der Waals surface area contributed by atoms with Crippen LogP contribution in [0.2, 0.25) is 0 Å². The van der Waals surface area contributed by atoms with Gasteiger partial charge in [-0.3, -0.25) is 5.32 Å². The van der Waals surface area contributed by atoms with E-state index in [4.69, 9.17) is 9.47 Å². The third-order valence-corrected chi connectivity index (χ3v) is 3.40. The van der Waals surface area contributed by atoms with E-state index in [0.717, 1.165) is 31.7 Å². The Kier molecular flexibility index (Phi) is 7.81. The smallest absolute Gasteiger partial charge is 0.119 e. The minimum absolute atomic E-state index is 0.519. The average Bonchev–Trinajstić information content (AvgIpc) is 2.52. The molecule has 0 spiro atoms. The summed E-state index contributed by atoms with van der Waals surface area (Å²) in [5, 5.41) is 12.5. The van der Waals surface area contributed by atoms with Gasteiger partial charge in [-0.15, -0.1) is 0 Å². The molecule has 1 N–H and O–H groups in total. The van der Waals surface area contributed by atoms with E-state index < -0.39 is 5.54 Å². The SMILES string of the molecule is CCCNC(C)(C#N)CCOc1ccc(CCOC)cc1. The summed E-state index contributed by atoms with van der Waals surface area (Å²) in [5.41, 5.74) is 0.713. The van der Waals surface area contributed by atoms with Gasteiger partial charge in [0.05, 0.1) is 19.3 Å². The highest BCUT2D eigenvalue weighted by molar-refractivity contribution is 5.27. The summed E-state index contributed by atoms with van der Waals surface area (Å²) in [6, 6.07) is 10.4. The van der Waals surface area contributed by atoms with Gasteiger partial charge < -0.3 is 9.47 Å². The van der Waals surface area contributed by atoms with Crippen LogP contribution < -0.4 is 10.1 Å². The van der Waals surface area contributed by atoms with Crippen LogP contribution in [0.1, 0.15) is 32.3 Å².